The van der Waals surface area contributed by atoms with Crippen LogP contribution in [-0.4, -0.2) is 5.91 Å². The molecule has 1 aliphatic carbocycles. The molecule has 0 spiro atoms. The number of hydrogen-bond acceptors (Lipinski definition) is 2. The van der Waals surface area contributed by atoms with E-state index in [9.17, 15) is 4.79 Å². The molecular formula is C27H38N2O. The fraction of sp³-hybridized carbons (Fsp3) is 0.519. The molecule has 0 aromatic heterocycles. The standard InChI is InChI=1S/C27H38N2O/c1-4-6-8-10-16-27(17-11-9-7-5-2)24-18-20(3)12-14-22(24)23-15-13-21(19-25(23)27)26(30)29-28/h12-15,18-19H,4-11,16-17,28H2,1-3H3,(H,29,30). The highest BCUT2D eigenvalue weighted by molar-refractivity contribution is 5.96. The van der Waals surface area contributed by atoms with Gasteiger partial charge in [0.2, 0.25) is 0 Å². The summed E-state index contributed by atoms with van der Waals surface area (Å²) in [5.74, 6) is 5.24. The Bertz CT molecular complexity index is 859. The average Bonchev–Trinajstić information content (AvgIpc) is 3.02. The molecule has 2 aromatic rings. The lowest BCUT2D eigenvalue weighted by atomic mass is 9.70. The van der Waals surface area contributed by atoms with Crippen molar-refractivity contribution in [3.05, 3.63) is 58.7 Å². The first-order chi connectivity index (χ1) is 14.6. The molecule has 0 unspecified atom stereocenters. The van der Waals surface area contributed by atoms with Crippen LogP contribution in [0, 0.1) is 6.92 Å². The third kappa shape index (κ3) is 4.46. The van der Waals surface area contributed by atoms with Crippen LogP contribution in [0.1, 0.15) is 105 Å². The van der Waals surface area contributed by atoms with E-state index >= 15 is 0 Å². The van der Waals surface area contributed by atoms with Crippen molar-refractivity contribution in [2.24, 2.45) is 5.84 Å². The van der Waals surface area contributed by atoms with E-state index in [4.69, 9.17) is 5.84 Å². The molecule has 3 nitrogen and oxygen atoms in total. The highest BCUT2D eigenvalue weighted by Crippen LogP contribution is 2.54. The topological polar surface area (TPSA) is 55.1 Å². The van der Waals surface area contributed by atoms with E-state index in [0.717, 1.165) is 12.8 Å². The van der Waals surface area contributed by atoms with Crippen molar-refractivity contribution in [3.63, 3.8) is 0 Å². The van der Waals surface area contributed by atoms with Crippen molar-refractivity contribution in [1.29, 1.82) is 0 Å². The van der Waals surface area contributed by atoms with E-state index in [1.54, 1.807) is 0 Å². The maximum absolute atomic E-state index is 12.3. The maximum atomic E-state index is 12.3. The van der Waals surface area contributed by atoms with Gasteiger partial charge in [0.15, 0.2) is 0 Å². The molecule has 0 bridgehead atoms. The SMILES string of the molecule is CCCCCCC1(CCCCCC)c2cc(C)ccc2-c2ccc(C(=O)NN)cc21. The van der Waals surface area contributed by atoms with Gasteiger partial charge in [-0.3, -0.25) is 10.2 Å². The van der Waals surface area contributed by atoms with E-state index < -0.39 is 0 Å². The zero-order valence-electron chi connectivity index (χ0n) is 19.0. The Labute approximate surface area is 182 Å². The Kier molecular flexibility index (Phi) is 7.71. The molecule has 0 aliphatic heterocycles. The van der Waals surface area contributed by atoms with E-state index in [0.29, 0.717) is 5.56 Å². The summed E-state index contributed by atoms with van der Waals surface area (Å²) < 4.78 is 0. The summed E-state index contributed by atoms with van der Waals surface area (Å²) in [4.78, 5) is 12.3. The van der Waals surface area contributed by atoms with Crippen LogP contribution in [0.25, 0.3) is 11.1 Å². The Morgan fingerprint density at radius 3 is 1.97 bits per heavy atom. The van der Waals surface area contributed by atoms with Crippen LogP contribution in [0.3, 0.4) is 0 Å². The van der Waals surface area contributed by atoms with Crippen LogP contribution >= 0.6 is 0 Å². The number of nitrogen functional groups attached to an aromatic ring is 1. The number of carbonyl (C=O) groups is 1. The molecule has 1 amide bonds. The van der Waals surface area contributed by atoms with Crippen molar-refractivity contribution in [2.75, 3.05) is 0 Å². The minimum atomic E-state index is -0.212. The number of fused-ring (bicyclic) bond motifs is 3. The van der Waals surface area contributed by atoms with Crippen molar-refractivity contribution >= 4 is 5.91 Å². The number of carbonyl (C=O) groups excluding carboxylic acids is 1. The van der Waals surface area contributed by atoms with Gasteiger partial charge in [-0.05, 0) is 54.2 Å². The van der Waals surface area contributed by atoms with E-state index in [1.165, 1.54) is 79.2 Å². The smallest absolute Gasteiger partial charge is 0.265 e. The summed E-state index contributed by atoms with van der Waals surface area (Å²) in [6.45, 7) is 6.72. The normalized spacial score (nSPS) is 13.7. The quantitative estimate of drug-likeness (QED) is 0.186. The van der Waals surface area contributed by atoms with Gasteiger partial charge in [0, 0.05) is 11.0 Å². The number of amides is 1. The van der Waals surface area contributed by atoms with Gasteiger partial charge in [-0.15, -0.1) is 0 Å². The van der Waals surface area contributed by atoms with Crippen LogP contribution < -0.4 is 11.3 Å². The molecule has 3 rings (SSSR count). The summed E-state index contributed by atoms with van der Waals surface area (Å²) in [7, 11) is 0. The van der Waals surface area contributed by atoms with Gasteiger partial charge in [0.25, 0.3) is 5.91 Å². The third-order valence-corrected chi connectivity index (χ3v) is 6.82. The van der Waals surface area contributed by atoms with Crippen molar-refractivity contribution in [1.82, 2.24) is 5.43 Å². The van der Waals surface area contributed by atoms with Crippen LogP contribution in [0.4, 0.5) is 0 Å². The Morgan fingerprint density at radius 1 is 0.833 bits per heavy atom. The lowest BCUT2D eigenvalue weighted by Gasteiger charge is -2.33. The second kappa shape index (κ2) is 10.3. The maximum Gasteiger partial charge on any atom is 0.265 e. The van der Waals surface area contributed by atoms with Crippen LogP contribution in [0.5, 0.6) is 0 Å². The molecule has 3 heteroatoms. The Morgan fingerprint density at radius 2 is 1.40 bits per heavy atom. The number of hydrogen-bond donors (Lipinski definition) is 2. The molecule has 0 radical (unpaired) electrons. The molecule has 162 valence electrons. The number of unbranched alkanes of at least 4 members (excludes halogenated alkanes) is 6. The minimum absolute atomic E-state index is 0.00303. The lowest BCUT2D eigenvalue weighted by molar-refractivity contribution is 0.0953. The predicted octanol–water partition coefficient (Wildman–Crippen LogP) is 6.81. The third-order valence-electron chi connectivity index (χ3n) is 6.82. The molecule has 0 atom stereocenters. The van der Waals surface area contributed by atoms with Gasteiger partial charge in [-0.1, -0.05) is 95.0 Å². The number of benzene rings is 2. The van der Waals surface area contributed by atoms with Crippen LogP contribution in [-0.2, 0) is 5.41 Å². The molecule has 0 saturated carbocycles. The molecule has 0 saturated heterocycles. The highest BCUT2D eigenvalue weighted by atomic mass is 16.2. The molecule has 1 aliphatic rings. The van der Waals surface area contributed by atoms with Crippen molar-refractivity contribution in [2.45, 2.75) is 90.4 Å². The summed E-state index contributed by atoms with van der Waals surface area (Å²) >= 11 is 0. The van der Waals surface area contributed by atoms with Gasteiger partial charge in [-0.2, -0.15) is 0 Å². The zero-order chi connectivity index (χ0) is 21.6. The minimum Gasteiger partial charge on any atom is -0.290 e. The fourth-order valence-corrected chi connectivity index (χ4v) is 5.20. The van der Waals surface area contributed by atoms with E-state index in [2.05, 4.69) is 56.5 Å². The van der Waals surface area contributed by atoms with Gasteiger partial charge >= 0.3 is 0 Å². The zero-order valence-corrected chi connectivity index (χ0v) is 19.0. The second-order valence-corrected chi connectivity index (χ2v) is 8.99. The molecule has 0 fully saturated rings. The lowest BCUT2D eigenvalue weighted by Crippen LogP contribution is -2.31. The number of nitrogens with one attached hydrogen (secondary N) is 1. The summed E-state index contributed by atoms with van der Waals surface area (Å²) in [6.07, 6.45) is 12.4. The van der Waals surface area contributed by atoms with Gasteiger partial charge in [0.1, 0.15) is 0 Å². The summed E-state index contributed by atoms with van der Waals surface area (Å²) in [5, 5.41) is 0. The predicted molar refractivity (Wildman–Crippen MR) is 127 cm³/mol. The molecule has 2 aromatic carbocycles. The summed E-state index contributed by atoms with van der Waals surface area (Å²) in [6, 6.07) is 13.1. The number of nitrogens with two attached hydrogens (primary N) is 1. The second-order valence-electron chi connectivity index (χ2n) is 8.99. The van der Waals surface area contributed by atoms with Gasteiger partial charge < -0.3 is 0 Å². The van der Waals surface area contributed by atoms with Crippen molar-refractivity contribution in [3.8, 4) is 11.1 Å². The largest absolute Gasteiger partial charge is 0.290 e. The molecule has 30 heavy (non-hydrogen) atoms. The molecule has 3 N–H and O–H groups in total. The van der Waals surface area contributed by atoms with Crippen LogP contribution in [0.2, 0.25) is 0 Å². The molecular weight excluding hydrogens is 368 g/mol. The van der Waals surface area contributed by atoms with Gasteiger partial charge in [-0.25, -0.2) is 5.84 Å². The Hall–Kier alpha value is -2.13. The van der Waals surface area contributed by atoms with Gasteiger partial charge in [0.05, 0.1) is 0 Å². The monoisotopic (exact) mass is 406 g/mol. The van der Waals surface area contributed by atoms with E-state index in [1.807, 2.05) is 6.07 Å². The van der Waals surface area contributed by atoms with Crippen LogP contribution in [0.15, 0.2) is 36.4 Å². The Balaban J connectivity index is 2.09. The first-order valence-electron chi connectivity index (χ1n) is 11.8. The first-order valence-corrected chi connectivity index (χ1v) is 11.8. The number of hydrazine groups is 1. The first kappa shape index (κ1) is 22.6. The molecule has 0 heterocycles. The fourth-order valence-electron chi connectivity index (χ4n) is 5.20. The van der Waals surface area contributed by atoms with Crippen molar-refractivity contribution < 1.29 is 4.79 Å². The average molecular weight is 407 g/mol. The number of aryl methyl sites for hydroxylation is 1. The highest BCUT2D eigenvalue weighted by Gasteiger charge is 2.42. The summed E-state index contributed by atoms with van der Waals surface area (Å²) in [5.41, 5.74) is 9.73. The number of rotatable bonds is 11. The van der Waals surface area contributed by atoms with E-state index in [-0.39, 0.29) is 11.3 Å².